The Hall–Kier alpha value is -1.25. The van der Waals surface area contributed by atoms with Crippen molar-refractivity contribution in [2.24, 2.45) is 0 Å². The summed E-state index contributed by atoms with van der Waals surface area (Å²) in [5.74, 6) is 1.05. The Kier molecular flexibility index (Phi) is 5.49. The van der Waals surface area contributed by atoms with Crippen molar-refractivity contribution in [1.82, 2.24) is 5.32 Å². The van der Waals surface area contributed by atoms with Gasteiger partial charge in [-0.05, 0) is 36.7 Å². The van der Waals surface area contributed by atoms with Gasteiger partial charge >= 0.3 is 0 Å². The van der Waals surface area contributed by atoms with Gasteiger partial charge in [0.1, 0.15) is 0 Å². The van der Waals surface area contributed by atoms with E-state index < -0.39 is 0 Å². The minimum atomic E-state index is 0.399. The van der Waals surface area contributed by atoms with Crippen molar-refractivity contribution in [3.63, 3.8) is 0 Å². The van der Waals surface area contributed by atoms with Crippen LogP contribution in [-0.2, 0) is 6.42 Å². The zero-order valence-electron chi connectivity index (χ0n) is 11.6. The molecule has 0 saturated carbocycles. The first-order chi connectivity index (χ1) is 9.33. The van der Waals surface area contributed by atoms with Gasteiger partial charge in [0.15, 0.2) is 0 Å². The quantitative estimate of drug-likeness (QED) is 0.786. The lowest BCUT2D eigenvalue weighted by atomic mass is 10.1. The standard InChI is InChI=1S/C17H21NS/c1-3-14-9-11-15(12-10-14)17(18-2)13-19-16-7-5-4-6-8-16/h4-12,17-18H,3,13H2,1-2H3. The molecule has 2 heteroatoms. The molecule has 0 aromatic heterocycles. The SMILES string of the molecule is CCc1ccc(C(CSc2ccccc2)NC)cc1. The van der Waals surface area contributed by atoms with Crippen LogP contribution in [0.15, 0.2) is 59.5 Å². The molecule has 0 bridgehead atoms. The molecule has 0 fully saturated rings. The van der Waals surface area contributed by atoms with Crippen LogP contribution in [0.2, 0.25) is 0 Å². The van der Waals surface area contributed by atoms with Crippen LogP contribution in [0.3, 0.4) is 0 Å². The molecule has 0 radical (unpaired) electrons. The number of benzene rings is 2. The van der Waals surface area contributed by atoms with Crippen molar-refractivity contribution in [3.05, 3.63) is 65.7 Å². The second-order valence-electron chi connectivity index (χ2n) is 4.56. The normalized spacial score (nSPS) is 12.3. The fourth-order valence-corrected chi connectivity index (χ4v) is 3.10. The molecule has 2 aromatic carbocycles. The van der Waals surface area contributed by atoms with Crippen LogP contribution in [0.4, 0.5) is 0 Å². The van der Waals surface area contributed by atoms with E-state index in [1.807, 2.05) is 18.8 Å². The lowest BCUT2D eigenvalue weighted by Gasteiger charge is -2.16. The molecular formula is C17H21NS. The first-order valence-corrected chi connectivity index (χ1v) is 7.76. The third-order valence-electron chi connectivity index (χ3n) is 3.30. The Labute approximate surface area is 120 Å². The number of nitrogens with one attached hydrogen (secondary N) is 1. The molecule has 0 heterocycles. The van der Waals surface area contributed by atoms with Crippen LogP contribution in [0, 0.1) is 0 Å². The fraction of sp³-hybridized carbons (Fsp3) is 0.294. The van der Waals surface area contributed by atoms with Crippen LogP contribution < -0.4 is 5.32 Å². The largest absolute Gasteiger partial charge is 0.312 e. The van der Waals surface area contributed by atoms with Crippen LogP contribution in [0.25, 0.3) is 0 Å². The molecule has 0 aliphatic carbocycles. The van der Waals surface area contributed by atoms with Gasteiger partial charge in [-0.15, -0.1) is 11.8 Å². The van der Waals surface area contributed by atoms with E-state index in [0.717, 1.165) is 12.2 Å². The predicted molar refractivity (Wildman–Crippen MR) is 84.8 cm³/mol. The minimum Gasteiger partial charge on any atom is -0.312 e. The van der Waals surface area contributed by atoms with E-state index in [-0.39, 0.29) is 0 Å². The van der Waals surface area contributed by atoms with Gasteiger partial charge in [0, 0.05) is 16.7 Å². The molecule has 1 N–H and O–H groups in total. The summed E-state index contributed by atoms with van der Waals surface area (Å²) in [6.45, 7) is 2.19. The molecule has 1 atom stereocenters. The highest BCUT2D eigenvalue weighted by Crippen LogP contribution is 2.24. The molecule has 2 rings (SSSR count). The first-order valence-electron chi connectivity index (χ1n) is 6.77. The van der Waals surface area contributed by atoms with Crippen molar-refractivity contribution in [1.29, 1.82) is 0 Å². The number of hydrogen-bond acceptors (Lipinski definition) is 2. The summed E-state index contributed by atoms with van der Waals surface area (Å²) in [5, 5.41) is 3.41. The number of rotatable bonds is 6. The summed E-state index contributed by atoms with van der Waals surface area (Å²) >= 11 is 1.90. The molecule has 0 amide bonds. The maximum atomic E-state index is 3.41. The van der Waals surface area contributed by atoms with E-state index >= 15 is 0 Å². The number of thioether (sulfide) groups is 1. The molecule has 0 aliphatic rings. The third-order valence-corrected chi connectivity index (χ3v) is 4.40. The second kappa shape index (κ2) is 7.37. The van der Waals surface area contributed by atoms with Crippen LogP contribution in [0.5, 0.6) is 0 Å². The molecule has 100 valence electrons. The van der Waals surface area contributed by atoms with Gasteiger partial charge in [0.2, 0.25) is 0 Å². The Balaban J connectivity index is 1.99. The average Bonchev–Trinajstić information content (AvgIpc) is 2.49. The number of hydrogen-bond donors (Lipinski definition) is 1. The first kappa shape index (κ1) is 14.2. The summed E-state index contributed by atoms with van der Waals surface area (Å²) in [6, 6.07) is 19.9. The molecule has 1 nitrogen and oxygen atoms in total. The van der Waals surface area contributed by atoms with Gasteiger partial charge in [0.25, 0.3) is 0 Å². The lowest BCUT2D eigenvalue weighted by molar-refractivity contribution is 0.661. The Morgan fingerprint density at radius 3 is 2.26 bits per heavy atom. The van der Waals surface area contributed by atoms with Crippen molar-refractivity contribution >= 4 is 11.8 Å². The van der Waals surface area contributed by atoms with E-state index in [1.54, 1.807) is 0 Å². The predicted octanol–water partition coefficient (Wildman–Crippen LogP) is 4.30. The molecule has 0 spiro atoms. The molecule has 0 aliphatic heterocycles. The zero-order chi connectivity index (χ0) is 13.5. The Morgan fingerprint density at radius 2 is 1.68 bits per heavy atom. The number of aryl methyl sites for hydroxylation is 1. The van der Waals surface area contributed by atoms with Gasteiger partial charge in [-0.3, -0.25) is 0 Å². The second-order valence-corrected chi connectivity index (χ2v) is 5.65. The van der Waals surface area contributed by atoms with E-state index in [0.29, 0.717) is 6.04 Å². The minimum absolute atomic E-state index is 0.399. The maximum absolute atomic E-state index is 3.41. The Bertz CT molecular complexity index is 478. The molecule has 19 heavy (non-hydrogen) atoms. The summed E-state index contributed by atoms with van der Waals surface area (Å²) in [7, 11) is 2.03. The van der Waals surface area contributed by atoms with Crippen LogP contribution >= 0.6 is 11.8 Å². The monoisotopic (exact) mass is 271 g/mol. The van der Waals surface area contributed by atoms with Gasteiger partial charge in [-0.2, -0.15) is 0 Å². The lowest BCUT2D eigenvalue weighted by Crippen LogP contribution is -2.18. The van der Waals surface area contributed by atoms with Crippen molar-refractivity contribution in [2.45, 2.75) is 24.3 Å². The summed E-state index contributed by atoms with van der Waals surface area (Å²) < 4.78 is 0. The fourth-order valence-electron chi connectivity index (χ4n) is 2.03. The van der Waals surface area contributed by atoms with Crippen molar-refractivity contribution < 1.29 is 0 Å². The molecule has 2 aromatic rings. The van der Waals surface area contributed by atoms with E-state index in [4.69, 9.17) is 0 Å². The molecular weight excluding hydrogens is 250 g/mol. The van der Waals surface area contributed by atoms with Gasteiger partial charge in [0.05, 0.1) is 0 Å². The summed E-state index contributed by atoms with van der Waals surface area (Å²) in [5.41, 5.74) is 2.76. The summed E-state index contributed by atoms with van der Waals surface area (Å²) in [4.78, 5) is 1.33. The van der Waals surface area contributed by atoms with Crippen LogP contribution in [-0.4, -0.2) is 12.8 Å². The van der Waals surface area contributed by atoms with Gasteiger partial charge in [-0.25, -0.2) is 0 Å². The Morgan fingerprint density at radius 1 is 1.00 bits per heavy atom. The smallest absolute Gasteiger partial charge is 0.0412 e. The summed E-state index contributed by atoms with van der Waals surface area (Å²) in [6.07, 6.45) is 1.10. The molecule has 0 saturated heterocycles. The van der Waals surface area contributed by atoms with E-state index in [1.165, 1.54) is 16.0 Å². The highest BCUT2D eigenvalue weighted by Gasteiger charge is 2.09. The van der Waals surface area contributed by atoms with E-state index in [9.17, 15) is 0 Å². The highest BCUT2D eigenvalue weighted by molar-refractivity contribution is 7.99. The topological polar surface area (TPSA) is 12.0 Å². The average molecular weight is 271 g/mol. The third kappa shape index (κ3) is 4.12. The van der Waals surface area contributed by atoms with Gasteiger partial charge in [-0.1, -0.05) is 49.4 Å². The van der Waals surface area contributed by atoms with Gasteiger partial charge < -0.3 is 5.32 Å². The van der Waals surface area contributed by atoms with Crippen LogP contribution in [0.1, 0.15) is 24.1 Å². The van der Waals surface area contributed by atoms with Crippen molar-refractivity contribution in [2.75, 3.05) is 12.8 Å². The maximum Gasteiger partial charge on any atom is 0.0412 e. The highest BCUT2D eigenvalue weighted by atomic mass is 32.2. The molecule has 1 unspecified atom stereocenters. The van der Waals surface area contributed by atoms with E-state index in [2.05, 4.69) is 66.8 Å². The van der Waals surface area contributed by atoms with Crippen molar-refractivity contribution in [3.8, 4) is 0 Å². The zero-order valence-corrected chi connectivity index (χ0v) is 12.4.